The monoisotopic (exact) mass is 201 g/mol. The average molecular weight is 201 g/mol. The minimum absolute atomic E-state index is 0.451. The van der Waals surface area contributed by atoms with Gasteiger partial charge in [0.25, 0.3) is 0 Å². The Labute approximate surface area is 82.4 Å². The van der Waals surface area contributed by atoms with Crippen LogP contribution in [0.1, 0.15) is 20.3 Å². The second-order valence-electron chi connectivity index (χ2n) is 2.84. The summed E-state index contributed by atoms with van der Waals surface area (Å²) in [5.74, 6) is -1.71. The van der Waals surface area contributed by atoms with Crippen LogP contribution in [0, 0.1) is 0 Å². The first-order valence-electron chi connectivity index (χ1n) is 4.34. The molecule has 0 spiro atoms. The normalized spacial score (nSPS) is 13.5. The predicted molar refractivity (Wildman–Crippen MR) is 50.7 cm³/mol. The summed E-state index contributed by atoms with van der Waals surface area (Å²) in [7, 11) is 0. The smallest absolute Gasteiger partial charge is 0.328 e. The van der Waals surface area contributed by atoms with E-state index in [1.807, 2.05) is 6.92 Å². The molecule has 0 rings (SSSR count). The van der Waals surface area contributed by atoms with E-state index < -0.39 is 24.5 Å². The number of carboxylic acids is 1. The fourth-order valence-electron chi connectivity index (χ4n) is 0.856. The summed E-state index contributed by atoms with van der Waals surface area (Å²) in [6, 6.07) is -1.23. The number of aliphatic carboxylic acids is 1. The molecular formula is C9H15NO4. The maximum Gasteiger partial charge on any atom is 0.328 e. The van der Waals surface area contributed by atoms with Crippen molar-refractivity contribution in [3.05, 3.63) is 11.6 Å². The quantitative estimate of drug-likeness (QED) is 0.542. The molecule has 0 aliphatic carbocycles. The molecule has 0 saturated carbocycles. The number of carbonyl (C=O) groups is 2. The van der Waals surface area contributed by atoms with Crippen molar-refractivity contribution in [3.63, 3.8) is 0 Å². The SMILES string of the molecule is CC/C=C(\C)C(=O)NC(CO)C(=O)O. The lowest BCUT2D eigenvalue weighted by Gasteiger charge is -2.11. The molecule has 0 bridgehead atoms. The first-order chi connectivity index (χ1) is 6.52. The Morgan fingerprint density at radius 3 is 2.43 bits per heavy atom. The van der Waals surface area contributed by atoms with Gasteiger partial charge in [-0.05, 0) is 13.3 Å². The van der Waals surface area contributed by atoms with Crippen LogP contribution in [0.15, 0.2) is 11.6 Å². The summed E-state index contributed by atoms with van der Waals surface area (Å²) in [4.78, 5) is 21.7. The molecule has 14 heavy (non-hydrogen) atoms. The molecule has 0 radical (unpaired) electrons. The molecule has 0 aromatic heterocycles. The van der Waals surface area contributed by atoms with Crippen LogP contribution in [-0.4, -0.2) is 34.7 Å². The Kier molecular flexibility index (Phi) is 5.55. The molecule has 80 valence electrons. The van der Waals surface area contributed by atoms with Crippen molar-refractivity contribution in [2.24, 2.45) is 0 Å². The molecule has 5 heteroatoms. The Balaban J connectivity index is 4.30. The van der Waals surface area contributed by atoms with Crippen LogP contribution in [0.5, 0.6) is 0 Å². The zero-order valence-electron chi connectivity index (χ0n) is 8.28. The van der Waals surface area contributed by atoms with E-state index in [0.717, 1.165) is 0 Å². The van der Waals surface area contributed by atoms with Crippen LogP contribution < -0.4 is 5.32 Å². The van der Waals surface area contributed by atoms with Crippen molar-refractivity contribution in [2.75, 3.05) is 6.61 Å². The Morgan fingerprint density at radius 2 is 2.07 bits per heavy atom. The van der Waals surface area contributed by atoms with Crippen molar-refractivity contribution in [3.8, 4) is 0 Å². The number of nitrogens with one attached hydrogen (secondary N) is 1. The van der Waals surface area contributed by atoms with Gasteiger partial charge in [0, 0.05) is 5.57 Å². The molecule has 0 aliphatic heterocycles. The van der Waals surface area contributed by atoms with Crippen molar-refractivity contribution in [1.82, 2.24) is 5.32 Å². The van der Waals surface area contributed by atoms with E-state index in [1.165, 1.54) is 0 Å². The zero-order valence-corrected chi connectivity index (χ0v) is 8.28. The molecule has 5 nitrogen and oxygen atoms in total. The van der Waals surface area contributed by atoms with Gasteiger partial charge in [-0.15, -0.1) is 0 Å². The topological polar surface area (TPSA) is 86.6 Å². The van der Waals surface area contributed by atoms with Crippen LogP contribution >= 0.6 is 0 Å². The first kappa shape index (κ1) is 12.6. The van der Waals surface area contributed by atoms with Gasteiger partial charge in [-0.1, -0.05) is 13.0 Å². The van der Waals surface area contributed by atoms with E-state index in [4.69, 9.17) is 10.2 Å². The van der Waals surface area contributed by atoms with Gasteiger partial charge in [0.15, 0.2) is 6.04 Å². The average Bonchev–Trinajstić information content (AvgIpc) is 2.13. The predicted octanol–water partition coefficient (Wildman–Crippen LogP) is -0.0956. The fourth-order valence-corrected chi connectivity index (χ4v) is 0.856. The third-order valence-electron chi connectivity index (χ3n) is 1.65. The van der Waals surface area contributed by atoms with Gasteiger partial charge in [0.2, 0.25) is 5.91 Å². The lowest BCUT2D eigenvalue weighted by molar-refractivity contribution is -0.142. The number of hydrogen-bond acceptors (Lipinski definition) is 3. The number of hydrogen-bond donors (Lipinski definition) is 3. The molecule has 1 unspecified atom stereocenters. The molecule has 0 aliphatic rings. The molecule has 0 saturated heterocycles. The number of carbonyl (C=O) groups excluding carboxylic acids is 1. The highest BCUT2D eigenvalue weighted by molar-refractivity contribution is 5.95. The van der Waals surface area contributed by atoms with Gasteiger partial charge in [0.05, 0.1) is 6.61 Å². The Hall–Kier alpha value is -1.36. The van der Waals surface area contributed by atoms with Crippen LogP contribution in [0.3, 0.4) is 0 Å². The largest absolute Gasteiger partial charge is 0.480 e. The number of aliphatic hydroxyl groups is 1. The highest BCUT2D eigenvalue weighted by Gasteiger charge is 2.18. The van der Waals surface area contributed by atoms with E-state index in [9.17, 15) is 9.59 Å². The summed E-state index contributed by atoms with van der Waals surface area (Å²) in [5.41, 5.74) is 0.451. The highest BCUT2D eigenvalue weighted by atomic mass is 16.4. The molecule has 1 atom stereocenters. The minimum Gasteiger partial charge on any atom is -0.480 e. The molecule has 0 aromatic rings. The third kappa shape index (κ3) is 4.04. The second-order valence-corrected chi connectivity index (χ2v) is 2.84. The standard InChI is InChI=1S/C9H15NO4/c1-3-4-6(2)8(12)10-7(5-11)9(13)14/h4,7,11H,3,5H2,1-2H3,(H,10,12)(H,13,14)/b6-4+. The van der Waals surface area contributed by atoms with Gasteiger partial charge < -0.3 is 15.5 Å². The molecule has 3 N–H and O–H groups in total. The van der Waals surface area contributed by atoms with E-state index in [-0.39, 0.29) is 0 Å². The summed E-state index contributed by atoms with van der Waals surface area (Å²) < 4.78 is 0. The van der Waals surface area contributed by atoms with Crippen molar-refractivity contribution < 1.29 is 19.8 Å². The summed E-state index contributed by atoms with van der Waals surface area (Å²) in [6.07, 6.45) is 2.39. The van der Waals surface area contributed by atoms with E-state index >= 15 is 0 Å². The number of carboxylic acid groups (broad SMARTS) is 1. The zero-order chi connectivity index (χ0) is 11.1. The minimum atomic E-state index is -1.25. The summed E-state index contributed by atoms with van der Waals surface area (Å²) in [6.45, 7) is 2.85. The molecule has 0 fully saturated rings. The lowest BCUT2D eigenvalue weighted by Crippen LogP contribution is -2.43. The van der Waals surface area contributed by atoms with E-state index in [2.05, 4.69) is 5.32 Å². The Bertz CT molecular complexity index is 247. The lowest BCUT2D eigenvalue weighted by atomic mass is 10.2. The fraction of sp³-hybridized carbons (Fsp3) is 0.556. The van der Waals surface area contributed by atoms with E-state index in [0.29, 0.717) is 12.0 Å². The van der Waals surface area contributed by atoms with Gasteiger partial charge in [-0.25, -0.2) is 4.79 Å². The van der Waals surface area contributed by atoms with Gasteiger partial charge >= 0.3 is 5.97 Å². The van der Waals surface area contributed by atoms with Crippen molar-refractivity contribution >= 4 is 11.9 Å². The molecular weight excluding hydrogens is 186 g/mol. The number of amides is 1. The Morgan fingerprint density at radius 1 is 1.50 bits per heavy atom. The molecule has 1 amide bonds. The first-order valence-corrected chi connectivity index (χ1v) is 4.34. The van der Waals surface area contributed by atoms with Crippen LogP contribution in [0.25, 0.3) is 0 Å². The van der Waals surface area contributed by atoms with Crippen molar-refractivity contribution in [2.45, 2.75) is 26.3 Å². The van der Waals surface area contributed by atoms with Crippen LogP contribution in [0.4, 0.5) is 0 Å². The van der Waals surface area contributed by atoms with Gasteiger partial charge in [-0.2, -0.15) is 0 Å². The van der Waals surface area contributed by atoms with E-state index in [1.54, 1.807) is 13.0 Å². The number of allylic oxidation sites excluding steroid dienone is 1. The third-order valence-corrected chi connectivity index (χ3v) is 1.65. The second kappa shape index (κ2) is 6.15. The van der Waals surface area contributed by atoms with Crippen molar-refractivity contribution in [1.29, 1.82) is 0 Å². The van der Waals surface area contributed by atoms with Gasteiger partial charge in [-0.3, -0.25) is 4.79 Å². The molecule has 0 heterocycles. The van der Waals surface area contributed by atoms with Gasteiger partial charge in [0.1, 0.15) is 0 Å². The number of rotatable bonds is 5. The van der Waals surface area contributed by atoms with Crippen LogP contribution in [-0.2, 0) is 9.59 Å². The molecule has 0 aromatic carbocycles. The summed E-state index contributed by atoms with van der Waals surface area (Å²) in [5, 5.41) is 19.4. The summed E-state index contributed by atoms with van der Waals surface area (Å²) >= 11 is 0. The maximum absolute atomic E-state index is 11.3. The highest BCUT2D eigenvalue weighted by Crippen LogP contribution is 1.96. The van der Waals surface area contributed by atoms with Crippen LogP contribution in [0.2, 0.25) is 0 Å². The number of aliphatic hydroxyl groups excluding tert-OH is 1. The maximum atomic E-state index is 11.3.